The fraction of sp³-hybridized carbons (Fsp3) is 0.838. The maximum Gasteiger partial charge on any atom is 0.329 e. The number of aliphatic hydroxyl groups excluding tert-OH is 1. The summed E-state index contributed by atoms with van der Waals surface area (Å²) >= 11 is 0. The molecule has 3 rings (SSSR count). The molecule has 15 heteroatoms. The van der Waals surface area contributed by atoms with E-state index < -0.39 is 48.0 Å². The predicted octanol–water partition coefficient (Wildman–Crippen LogP) is 3.71. The minimum Gasteiger partial charge on any atom is -0.467 e. The van der Waals surface area contributed by atoms with Crippen LogP contribution in [0.25, 0.3) is 0 Å². The van der Waals surface area contributed by atoms with Gasteiger partial charge in [-0.05, 0) is 57.3 Å². The molecule has 5 amide bonds. The first-order valence-corrected chi connectivity index (χ1v) is 22.0. The average molecular weight is 770 g/mol. The van der Waals surface area contributed by atoms with Crippen molar-refractivity contribution < 1.29 is 38.6 Å². The number of esters is 1. The number of aliphatic hydroxyl groups is 1. The van der Waals surface area contributed by atoms with Crippen LogP contribution in [0.5, 0.6) is 0 Å². The summed E-state index contributed by atoms with van der Waals surface area (Å²) in [6, 6.07) is -4.31. The molecule has 3 aliphatic heterocycles. The van der Waals surface area contributed by atoms with E-state index in [1.54, 1.807) is 9.80 Å². The second kappa shape index (κ2) is 23.3. The van der Waals surface area contributed by atoms with Crippen molar-refractivity contribution in [1.29, 1.82) is 0 Å². The van der Waals surface area contributed by atoms with Gasteiger partial charge in [0, 0.05) is 31.0 Å². The van der Waals surface area contributed by atoms with E-state index in [1.807, 2.05) is 20.8 Å². The predicted molar refractivity (Wildman–Crippen MR) is 204 cm³/mol. The highest BCUT2D eigenvalue weighted by atomic mass is 33.1. The third kappa shape index (κ3) is 14.0. The van der Waals surface area contributed by atoms with Gasteiger partial charge in [-0.2, -0.15) is 0 Å². The highest BCUT2D eigenvalue weighted by Crippen LogP contribution is 2.29. The number of amides is 5. The molecule has 3 fully saturated rings. The molecule has 0 radical (unpaired) electrons. The van der Waals surface area contributed by atoms with Crippen LogP contribution in [-0.2, 0) is 33.5 Å². The van der Waals surface area contributed by atoms with Crippen molar-refractivity contribution in [1.82, 2.24) is 25.8 Å². The highest BCUT2D eigenvalue weighted by molar-refractivity contribution is 8.76. The smallest absolute Gasteiger partial charge is 0.329 e. The number of hydrogen-bond donors (Lipinski definition) is 4. The fourth-order valence-corrected chi connectivity index (χ4v) is 9.44. The van der Waals surface area contributed by atoms with Crippen molar-refractivity contribution in [3.63, 3.8) is 0 Å². The van der Waals surface area contributed by atoms with E-state index in [0.717, 1.165) is 57.8 Å². The Morgan fingerprint density at radius 1 is 0.846 bits per heavy atom. The third-order valence-electron chi connectivity index (χ3n) is 10.2. The van der Waals surface area contributed by atoms with E-state index in [1.165, 1.54) is 28.7 Å². The molecule has 13 nitrogen and oxygen atoms in total. The Bertz CT molecular complexity index is 1190. The molecule has 0 aliphatic carbocycles. The number of rotatable bonds is 16. The summed E-state index contributed by atoms with van der Waals surface area (Å²) in [6.45, 7) is 6.62. The lowest BCUT2D eigenvalue weighted by molar-refractivity contribution is -0.148. The van der Waals surface area contributed by atoms with E-state index in [-0.39, 0.29) is 47.7 Å². The fourth-order valence-electron chi connectivity index (χ4n) is 7.14. The zero-order valence-electron chi connectivity index (χ0n) is 31.7. The van der Waals surface area contributed by atoms with Crippen molar-refractivity contribution >= 4 is 57.1 Å². The molecular formula is C37H63N5O8S2. The Morgan fingerprint density at radius 2 is 1.44 bits per heavy atom. The zero-order chi connectivity index (χ0) is 38.0. The molecule has 296 valence electrons. The van der Waals surface area contributed by atoms with E-state index in [2.05, 4.69) is 16.0 Å². The molecule has 0 aromatic carbocycles. The highest BCUT2D eigenvalue weighted by Gasteiger charge is 2.44. The second-order valence-electron chi connectivity index (χ2n) is 14.8. The van der Waals surface area contributed by atoms with Crippen LogP contribution in [-0.4, -0.2) is 118 Å². The maximum absolute atomic E-state index is 14.1. The molecule has 3 saturated heterocycles. The number of carbonyl (C=O) groups excluding carboxylic acids is 6. The lowest BCUT2D eigenvalue weighted by Crippen LogP contribution is -2.58. The van der Waals surface area contributed by atoms with Crippen LogP contribution in [0.15, 0.2) is 0 Å². The van der Waals surface area contributed by atoms with Crippen molar-refractivity contribution in [3.8, 4) is 0 Å². The first-order valence-electron chi connectivity index (χ1n) is 19.5. The van der Waals surface area contributed by atoms with Crippen molar-refractivity contribution in [3.05, 3.63) is 0 Å². The SMILES string of the molecule is CCC(O)CCCCCCCCCCC(=O)NC1CSSCC(C(=O)OC)NC(=O)C(CC(C)C)NC(=O)C2CCCN2C(=O)C2CCCN2C1=O. The van der Waals surface area contributed by atoms with Crippen molar-refractivity contribution in [2.45, 2.75) is 160 Å². The molecule has 4 N–H and O–H groups in total. The van der Waals surface area contributed by atoms with Crippen LogP contribution in [0.1, 0.15) is 124 Å². The Balaban J connectivity index is 1.68. The molecule has 52 heavy (non-hydrogen) atoms. The van der Waals surface area contributed by atoms with Gasteiger partial charge in [-0.1, -0.05) is 87.3 Å². The Hall–Kier alpha value is -2.52. The van der Waals surface area contributed by atoms with Gasteiger partial charge in [0.05, 0.1) is 13.2 Å². The molecular weight excluding hydrogens is 707 g/mol. The number of carbonyl (C=O) groups is 6. The van der Waals surface area contributed by atoms with Crippen LogP contribution in [0.4, 0.5) is 0 Å². The molecule has 6 unspecified atom stereocenters. The summed E-state index contributed by atoms with van der Waals surface area (Å²) in [7, 11) is 3.82. The van der Waals surface area contributed by atoms with Gasteiger partial charge >= 0.3 is 5.97 Å². The number of fused-ring (bicyclic) bond motifs is 2. The lowest BCUT2D eigenvalue weighted by atomic mass is 10.0. The van der Waals surface area contributed by atoms with Crippen molar-refractivity contribution in [2.75, 3.05) is 31.7 Å². The van der Waals surface area contributed by atoms with Gasteiger partial charge in [0.1, 0.15) is 30.2 Å². The molecule has 3 aliphatic rings. The molecule has 0 spiro atoms. The van der Waals surface area contributed by atoms with Gasteiger partial charge in [-0.3, -0.25) is 24.0 Å². The number of ether oxygens (including phenoxy) is 1. The molecule has 6 atom stereocenters. The maximum atomic E-state index is 14.1. The van der Waals surface area contributed by atoms with E-state index in [9.17, 15) is 33.9 Å². The number of nitrogens with zero attached hydrogens (tertiary/aromatic N) is 2. The lowest BCUT2D eigenvalue weighted by Gasteiger charge is -2.33. The Labute approximate surface area is 318 Å². The molecule has 3 heterocycles. The molecule has 0 saturated carbocycles. The van der Waals surface area contributed by atoms with E-state index in [4.69, 9.17) is 4.74 Å². The van der Waals surface area contributed by atoms with Gasteiger partial charge in [-0.25, -0.2) is 4.79 Å². The minimum atomic E-state index is -0.998. The number of nitrogens with one attached hydrogen (secondary N) is 3. The molecule has 0 aromatic rings. The van der Waals surface area contributed by atoms with E-state index >= 15 is 0 Å². The van der Waals surface area contributed by atoms with Gasteiger partial charge in [-0.15, -0.1) is 0 Å². The van der Waals surface area contributed by atoms with Crippen LogP contribution >= 0.6 is 21.6 Å². The largest absolute Gasteiger partial charge is 0.467 e. The monoisotopic (exact) mass is 769 g/mol. The van der Waals surface area contributed by atoms with E-state index in [0.29, 0.717) is 51.6 Å². The summed E-state index contributed by atoms with van der Waals surface area (Å²) in [5.74, 6) is -2.00. The quantitative estimate of drug-likeness (QED) is 0.103. The Morgan fingerprint density at radius 3 is 2.08 bits per heavy atom. The van der Waals surface area contributed by atoms with Crippen LogP contribution < -0.4 is 16.0 Å². The summed E-state index contributed by atoms with van der Waals surface area (Å²) < 4.78 is 4.97. The van der Waals surface area contributed by atoms with Crippen LogP contribution in [0.2, 0.25) is 0 Å². The standard InChI is InChI=1S/C37H63N5O8S2/c1-5-26(43)16-12-10-8-6-7-9-11-13-19-32(44)38-28-23-51-52-24-29(37(49)50-4)40-33(45)27(22-25(2)3)39-34(46)30-17-14-20-41(30)36(48)31-18-15-21-42(31)35(28)47/h25-31,43H,5-24H2,1-4H3,(H,38,44)(H,39,46)(H,40,45). The average Bonchev–Trinajstić information content (AvgIpc) is 3.82. The Kier molecular flexibility index (Phi) is 19.7. The van der Waals surface area contributed by atoms with Crippen LogP contribution in [0, 0.1) is 5.92 Å². The number of hydrogen-bond acceptors (Lipinski definition) is 10. The first kappa shape index (κ1) is 43.9. The topological polar surface area (TPSA) is 174 Å². The molecule has 0 aromatic heterocycles. The summed E-state index contributed by atoms with van der Waals surface area (Å²) in [5, 5.41) is 18.2. The third-order valence-corrected chi connectivity index (χ3v) is 12.6. The van der Waals surface area contributed by atoms with Gasteiger partial charge in [0.2, 0.25) is 29.5 Å². The first-order chi connectivity index (χ1) is 25.0. The second-order valence-corrected chi connectivity index (χ2v) is 17.3. The van der Waals surface area contributed by atoms with Crippen LogP contribution in [0.3, 0.4) is 0 Å². The van der Waals surface area contributed by atoms with Gasteiger partial charge < -0.3 is 35.6 Å². The minimum absolute atomic E-state index is 0.0605. The molecule has 0 bridgehead atoms. The van der Waals surface area contributed by atoms with Gasteiger partial charge in [0.25, 0.3) is 0 Å². The zero-order valence-corrected chi connectivity index (χ0v) is 33.3. The van der Waals surface area contributed by atoms with Gasteiger partial charge in [0.15, 0.2) is 0 Å². The normalized spacial score (nSPS) is 25.6. The van der Waals surface area contributed by atoms with Crippen molar-refractivity contribution in [2.24, 2.45) is 5.92 Å². The summed E-state index contributed by atoms with van der Waals surface area (Å²) in [6.07, 6.45) is 12.5. The summed E-state index contributed by atoms with van der Waals surface area (Å²) in [4.78, 5) is 84.2. The number of methoxy groups -OCH3 is 1. The number of unbranched alkanes of at least 4 members (excludes halogenated alkanes) is 7. The summed E-state index contributed by atoms with van der Waals surface area (Å²) in [5.41, 5.74) is 0.